The Morgan fingerprint density at radius 3 is 2.20 bits per heavy atom. The summed E-state index contributed by atoms with van der Waals surface area (Å²) in [7, 11) is 0. The molecule has 9 unspecified atom stereocenters. The van der Waals surface area contributed by atoms with E-state index in [1.165, 1.54) is 0 Å². The van der Waals surface area contributed by atoms with Crippen LogP contribution in [0.2, 0.25) is 0 Å². The maximum absolute atomic E-state index is 12.7. The molecular weight excluding hydrogens is 536 g/mol. The normalized spacial score (nSPS) is 45.2. The van der Waals surface area contributed by atoms with E-state index in [1.807, 2.05) is 0 Å². The highest BCUT2D eigenvalue weighted by molar-refractivity contribution is 5.80. The predicted molar refractivity (Wildman–Crippen MR) is 137 cm³/mol. The highest BCUT2D eigenvalue weighted by Gasteiger charge is 2.54. The average Bonchev–Trinajstić information content (AvgIpc) is 2.95. The molecule has 1 aliphatic carbocycles. The molecule has 3 fully saturated rings. The minimum atomic E-state index is -1.68. The first-order chi connectivity index (χ1) is 18.9. The molecule has 40 heavy (non-hydrogen) atoms. The molecular formula is C23H46N6O11. The summed E-state index contributed by atoms with van der Waals surface area (Å²) in [5.41, 5.74) is 29.5. The lowest BCUT2D eigenvalue weighted by molar-refractivity contribution is -0.319. The summed E-state index contributed by atoms with van der Waals surface area (Å²) in [5.74, 6) is -0.890. The number of carbonyl (C=O) groups is 1. The van der Waals surface area contributed by atoms with Crippen molar-refractivity contribution < 1.29 is 54.4 Å². The number of carbonyl (C=O) groups excluding carboxylic acids is 1. The fourth-order valence-electron chi connectivity index (χ4n) is 5.18. The molecule has 1 saturated carbocycles. The first-order valence-corrected chi connectivity index (χ1v) is 13.5. The molecule has 2 heterocycles. The molecule has 15 atom stereocenters. The van der Waals surface area contributed by atoms with Crippen molar-refractivity contribution in [3.63, 3.8) is 0 Å². The van der Waals surface area contributed by atoms with Crippen LogP contribution >= 0.6 is 0 Å². The number of aliphatic hydroxyl groups excluding tert-OH is 6. The second-order valence-electron chi connectivity index (χ2n) is 10.6. The number of rotatable bonds is 11. The summed E-state index contributed by atoms with van der Waals surface area (Å²) < 4.78 is 23.1. The van der Waals surface area contributed by atoms with Gasteiger partial charge in [-0.15, -0.1) is 0 Å². The summed E-state index contributed by atoms with van der Waals surface area (Å²) in [4.78, 5) is 12.7. The number of amides is 1. The lowest BCUT2D eigenvalue weighted by Crippen LogP contribution is -2.74. The largest absolute Gasteiger partial charge is 0.394 e. The lowest BCUT2D eigenvalue weighted by Gasteiger charge is -2.50. The highest BCUT2D eigenvalue weighted by atomic mass is 16.7. The summed E-state index contributed by atoms with van der Waals surface area (Å²) in [5, 5.41) is 65.7. The number of hydrogen-bond donors (Lipinski definition) is 12. The topological polar surface area (TPSA) is 317 Å². The van der Waals surface area contributed by atoms with Crippen molar-refractivity contribution >= 4 is 5.91 Å². The highest BCUT2D eigenvalue weighted by Crippen LogP contribution is 2.31. The van der Waals surface area contributed by atoms with Gasteiger partial charge in [0, 0.05) is 6.54 Å². The fraction of sp³-hybridized carbons (Fsp3) is 0.957. The van der Waals surface area contributed by atoms with Gasteiger partial charge in [-0.2, -0.15) is 0 Å². The molecule has 3 rings (SSSR count). The van der Waals surface area contributed by atoms with E-state index in [0.717, 1.165) is 0 Å². The Morgan fingerprint density at radius 2 is 1.57 bits per heavy atom. The van der Waals surface area contributed by atoms with Gasteiger partial charge in [0.25, 0.3) is 0 Å². The second-order valence-corrected chi connectivity index (χ2v) is 10.6. The Bertz CT molecular complexity index is 802. The van der Waals surface area contributed by atoms with Crippen molar-refractivity contribution in [1.82, 2.24) is 5.32 Å². The van der Waals surface area contributed by atoms with E-state index in [-0.39, 0.29) is 25.6 Å². The summed E-state index contributed by atoms with van der Waals surface area (Å²) in [6.07, 6.45) is -13.5. The van der Waals surface area contributed by atoms with Crippen molar-refractivity contribution in [1.29, 1.82) is 0 Å². The Kier molecular flexibility index (Phi) is 12.4. The van der Waals surface area contributed by atoms with Crippen molar-refractivity contribution in [3.05, 3.63) is 0 Å². The van der Waals surface area contributed by atoms with Crippen molar-refractivity contribution in [2.24, 2.45) is 28.7 Å². The molecule has 3 aliphatic rings. The van der Waals surface area contributed by atoms with E-state index >= 15 is 0 Å². The van der Waals surface area contributed by atoms with Crippen LogP contribution in [0.25, 0.3) is 0 Å². The maximum atomic E-state index is 12.7. The molecule has 0 spiro atoms. The van der Waals surface area contributed by atoms with Crippen LogP contribution in [0, 0.1) is 0 Å². The van der Waals surface area contributed by atoms with Crippen LogP contribution in [-0.2, 0) is 23.7 Å². The zero-order valence-corrected chi connectivity index (χ0v) is 22.2. The molecule has 2 saturated heterocycles. The molecule has 1 amide bonds. The minimum absolute atomic E-state index is 0.0333. The molecule has 17 N–H and O–H groups in total. The third kappa shape index (κ3) is 7.44. The molecule has 17 nitrogen and oxygen atoms in total. The van der Waals surface area contributed by atoms with Gasteiger partial charge in [-0.05, 0) is 32.2 Å². The fourth-order valence-corrected chi connectivity index (χ4v) is 5.18. The van der Waals surface area contributed by atoms with Gasteiger partial charge in [-0.3, -0.25) is 4.79 Å². The first-order valence-electron chi connectivity index (χ1n) is 13.5. The first kappa shape index (κ1) is 33.4. The average molecular weight is 583 g/mol. The van der Waals surface area contributed by atoms with E-state index in [2.05, 4.69) is 5.32 Å². The molecule has 0 aromatic carbocycles. The molecule has 17 heteroatoms. The quantitative estimate of drug-likeness (QED) is 0.108. The van der Waals surface area contributed by atoms with Crippen molar-refractivity contribution in [2.75, 3.05) is 19.7 Å². The Hall–Kier alpha value is -1.13. The second kappa shape index (κ2) is 14.9. The van der Waals surface area contributed by atoms with Gasteiger partial charge in [-0.1, -0.05) is 0 Å². The monoisotopic (exact) mass is 582 g/mol. The number of ether oxygens (including phenoxy) is 4. The number of aliphatic hydroxyl groups is 6. The number of nitrogens with one attached hydrogen (secondary N) is 1. The summed E-state index contributed by atoms with van der Waals surface area (Å²) >= 11 is 0. The zero-order valence-electron chi connectivity index (χ0n) is 22.2. The van der Waals surface area contributed by atoms with E-state index in [9.17, 15) is 35.4 Å². The van der Waals surface area contributed by atoms with Crippen LogP contribution in [0.3, 0.4) is 0 Å². The SMILES string of the molecule is NCCC[C@H](O)C(=O)NC1C(O)[C@H](N)C(O[C@H]2OC(CN)CCC2N)C(O)[C@H]1O[C@H]1OC(CO)[C@@H](O)C(N)C1O. The number of nitrogens with two attached hydrogens (primary N) is 5. The third-order valence-electron chi connectivity index (χ3n) is 7.74. The lowest BCUT2D eigenvalue weighted by atomic mass is 9.81. The molecule has 0 aromatic rings. The predicted octanol–water partition coefficient (Wildman–Crippen LogP) is -7.04. The standard InChI is InChI=1S/C23H46N6O11/c24-5-1-2-10(31)21(36)29-14-16(33)13(28)19(39-22-9(26)4-3-8(6-25)37-22)18(35)20(14)40-23-17(34)12(27)15(32)11(7-30)38-23/h8-20,22-23,30-35H,1-7,24-28H2,(H,29,36)/t8?,9?,10-,11?,12?,13-,14?,15+,16?,17?,18?,19?,20-,22+,23+/m0/s1. The molecule has 234 valence electrons. The van der Waals surface area contributed by atoms with Crippen LogP contribution in [0.15, 0.2) is 0 Å². The molecule has 0 aromatic heterocycles. The van der Waals surface area contributed by atoms with Gasteiger partial charge < -0.3 is 83.6 Å². The van der Waals surface area contributed by atoms with Gasteiger partial charge in [0.1, 0.15) is 42.7 Å². The van der Waals surface area contributed by atoms with Gasteiger partial charge in [0.2, 0.25) is 5.91 Å². The van der Waals surface area contributed by atoms with Crippen LogP contribution in [0.5, 0.6) is 0 Å². The summed E-state index contributed by atoms with van der Waals surface area (Å²) in [6.45, 7) is -0.230. The van der Waals surface area contributed by atoms with E-state index in [0.29, 0.717) is 19.3 Å². The number of hydrogen-bond acceptors (Lipinski definition) is 16. The van der Waals surface area contributed by atoms with Crippen LogP contribution in [0.4, 0.5) is 0 Å². The van der Waals surface area contributed by atoms with E-state index in [1.54, 1.807) is 0 Å². The zero-order chi connectivity index (χ0) is 29.7. The smallest absolute Gasteiger partial charge is 0.249 e. The Balaban J connectivity index is 1.87. The van der Waals surface area contributed by atoms with E-state index < -0.39 is 98.1 Å². The van der Waals surface area contributed by atoms with Crippen molar-refractivity contribution in [2.45, 2.75) is 117 Å². The Morgan fingerprint density at radius 1 is 0.900 bits per heavy atom. The van der Waals surface area contributed by atoms with Crippen LogP contribution < -0.4 is 34.0 Å². The van der Waals surface area contributed by atoms with Gasteiger partial charge in [0.15, 0.2) is 12.6 Å². The van der Waals surface area contributed by atoms with Crippen LogP contribution in [0.1, 0.15) is 25.7 Å². The van der Waals surface area contributed by atoms with Gasteiger partial charge in [0.05, 0.1) is 43.0 Å². The van der Waals surface area contributed by atoms with Crippen molar-refractivity contribution in [3.8, 4) is 0 Å². The molecule has 2 aliphatic heterocycles. The molecule has 0 radical (unpaired) electrons. The van der Waals surface area contributed by atoms with Gasteiger partial charge in [-0.25, -0.2) is 0 Å². The minimum Gasteiger partial charge on any atom is -0.394 e. The Labute approximate surface area is 231 Å². The van der Waals surface area contributed by atoms with E-state index in [4.69, 9.17) is 47.6 Å². The maximum Gasteiger partial charge on any atom is 0.249 e. The van der Waals surface area contributed by atoms with Gasteiger partial charge >= 0.3 is 0 Å². The molecule has 0 bridgehead atoms. The summed E-state index contributed by atoms with van der Waals surface area (Å²) in [6, 6.07) is -4.64. The van der Waals surface area contributed by atoms with Crippen LogP contribution in [-0.4, -0.2) is 148 Å². The third-order valence-corrected chi connectivity index (χ3v) is 7.74.